The van der Waals surface area contributed by atoms with E-state index in [1.54, 1.807) is 0 Å². The van der Waals surface area contributed by atoms with Gasteiger partial charge in [-0.25, -0.2) is 0 Å². The average Bonchev–Trinajstić information content (AvgIpc) is 2.83. The fourth-order valence-corrected chi connectivity index (χ4v) is 4.32. The van der Waals surface area contributed by atoms with Crippen molar-refractivity contribution < 1.29 is 0 Å². The first-order valence-electron chi connectivity index (χ1n) is 10.7. The average molecular weight is 413 g/mol. The summed E-state index contributed by atoms with van der Waals surface area (Å²) in [6, 6.07) is 33.0. The molecule has 0 aliphatic rings. The zero-order valence-corrected chi connectivity index (χ0v) is 18.6. The fourth-order valence-electron chi connectivity index (χ4n) is 4.32. The molecular weight excluding hydrogens is 388 g/mol. The van der Waals surface area contributed by atoms with Crippen molar-refractivity contribution >= 4 is 0 Å². The number of rotatable bonds is 4. The van der Waals surface area contributed by atoms with E-state index < -0.39 is 0 Å². The molecule has 0 heterocycles. The van der Waals surface area contributed by atoms with E-state index in [-0.39, 0.29) is 5.92 Å². The molecule has 0 spiro atoms. The molecule has 0 bridgehead atoms. The Bertz CT molecular complexity index is 1240. The summed E-state index contributed by atoms with van der Waals surface area (Å²) >= 11 is 0. The zero-order valence-electron chi connectivity index (χ0n) is 18.6. The highest BCUT2D eigenvalue weighted by Crippen LogP contribution is 2.33. The van der Waals surface area contributed by atoms with Gasteiger partial charge < -0.3 is 0 Å². The van der Waals surface area contributed by atoms with Gasteiger partial charge in [0.1, 0.15) is 0 Å². The van der Waals surface area contributed by atoms with Gasteiger partial charge in [0.05, 0.1) is 23.3 Å². The van der Waals surface area contributed by atoms with E-state index in [2.05, 4.69) is 69.3 Å². The van der Waals surface area contributed by atoms with Gasteiger partial charge in [0.2, 0.25) is 0 Å². The van der Waals surface area contributed by atoms with Crippen LogP contribution in [0, 0.1) is 36.5 Å². The number of hydrogen-bond donors (Lipinski definition) is 0. The third-order valence-corrected chi connectivity index (χ3v) is 6.17. The van der Waals surface area contributed by atoms with Gasteiger partial charge in [0, 0.05) is 5.92 Å². The first kappa shape index (κ1) is 21.1. The zero-order chi connectivity index (χ0) is 22.7. The van der Waals surface area contributed by atoms with Crippen LogP contribution in [0.5, 0.6) is 0 Å². The van der Waals surface area contributed by atoms with Crippen LogP contribution >= 0.6 is 0 Å². The van der Waals surface area contributed by atoms with E-state index in [9.17, 15) is 0 Å². The van der Waals surface area contributed by atoms with Crippen molar-refractivity contribution in [1.82, 2.24) is 0 Å². The first-order valence-corrected chi connectivity index (χ1v) is 10.7. The molecule has 0 saturated carbocycles. The molecule has 32 heavy (non-hydrogen) atoms. The summed E-state index contributed by atoms with van der Waals surface area (Å²) in [4.78, 5) is 0. The van der Waals surface area contributed by atoms with Gasteiger partial charge in [0.25, 0.3) is 0 Å². The third kappa shape index (κ3) is 4.18. The van der Waals surface area contributed by atoms with E-state index >= 15 is 0 Å². The predicted octanol–water partition coefficient (Wildman–Crippen LogP) is 7.53. The van der Waals surface area contributed by atoms with E-state index in [0.717, 1.165) is 22.3 Å². The highest BCUT2D eigenvalue weighted by atomic mass is 14.2. The van der Waals surface area contributed by atoms with Crippen molar-refractivity contribution in [1.29, 1.82) is 10.5 Å². The van der Waals surface area contributed by atoms with Crippen LogP contribution in [0.25, 0.3) is 22.3 Å². The molecule has 2 nitrogen and oxygen atoms in total. The van der Waals surface area contributed by atoms with Crippen LogP contribution in [0.3, 0.4) is 0 Å². The summed E-state index contributed by atoms with van der Waals surface area (Å²) in [5.41, 5.74) is 11.1. The molecule has 0 atom stereocenters. The Morgan fingerprint density at radius 3 is 1.19 bits per heavy atom. The Kier molecular flexibility index (Phi) is 5.89. The lowest BCUT2D eigenvalue weighted by Gasteiger charge is -2.19. The molecule has 0 N–H and O–H groups in total. The van der Waals surface area contributed by atoms with Gasteiger partial charge in [-0.3, -0.25) is 0 Å². The summed E-state index contributed by atoms with van der Waals surface area (Å²) < 4.78 is 0. The van der Waals surface area contributed by atoms with Crippen molar-refractivity contribution in [3.05, 3.63) is 118 Å². The second kappa shape index (κ2) is 8.93. The number of nitrogens with zero attached hydrogens (tertiary/aromatic N) is 2. The molecule has 4 aromatic carbocycles. The number of nitriles is 2. The number of benzene rings is 4. The van der Waals surface area contributed by atoms with Crippen LogP contribution in [0.2, 0.25) is 0 Å². The molecular formula is C30H24N2. The van der Waals surface area contributed by atoms with Crippen molar-refractivity contribution in [3.63, 3.8) is 0 Å². The smallest absolute Gasteiger partial charge is 0.0991 e. The van der Waals surface area contributed by atoms with Crippen LogP contribution in [0.1, 0.15) is 46.2 Å². The summed E-state index contributed by atoms with van der Waals surface area (Å²) in [6.07, 6.45) is 0. The highest BCUT2D eigenvalue weighted by Gasteiger charge is 2.15. The molecule has 0 fully saturated rings. The molecule has 0 amide bonds. The largest absolute Gasteiger partial charge is 0.192 e. The SMILES string of the molecule is Cc1cc(-c2ccc(C#N)cc2)ccc1C(C)c1ccc(-c2ccc(C#N)cc2)cc1C. The van der Waals surface area contributed by atoms with Crippen LogP contribution in [-0.4, -0.2) is 0 Å². The standard InChI is InChI=1S/C30H24N2/c1-20-16-27(25-8-4-23(18-31)5-9-25)12-14-29(20)22(3)30-15-13-28(17-21(30)2)26-10-6-24(19-32)7-11-26/h4-17,22H,1-3H3. The van der Waals surface area contributed by atoms with E-state index in [1.165, 1.54) is 22.3 Å². The van der Waals surface area contributed by atoms with Gasteiger partial charge in [-0.05, 0) is 82.6 Å². The minimum Gasteiger partial charge on any atom is -0.192 e. The molecule has 154 valence electrons. The molecule has 0 saturated heterocycles. The van der Waals surface area contributed by atoms with Crippen molar-refractivity contribution in [2.45, 2.75) is 26.7 Å². The summed E-state index contributed by atoms with van der Waals surface area (Å²) in [5, 5.41) is 18.0. The van der Waals surface area contributed by atoms with Gasteiger partial charge in [-0.2, -0.15) is 10.5 Å². The van der Waals surface area contributed by atoms with Gasteiger partial charge in [-0.15, -0.1) is 0 Å². The second-order valence-electron chi connectivity index (χ2n) is 8.24. The minimum atomic E-state index is 0.278. The molecule has 2 heteroatoms. The quantitative estimate of drug-likeness (QED) is 0.348. The lowest BCUT2D eigenvalue weighted by atomic mass is 9.85. The fraction of sp³-hybridized carbons (Fsp3) is 0.133. The maximum Gasteiger partial charge on any atom is 0.0991 e. The van der Waals surface area contributed by atoms with Crippen molar-refractivity contribution in [2.75, 3.05) is 0 Å². The maximum atomic E-state index is 9.01. The Morgan fingerprint density at radius 1 is 0.531 bits per heavy atom. The molecule has 0 unspecified atom stereocenters. The molecule has 0 aromatic heterocycles. The molecule has 0 aliphatic heterocycles. The Labute approximate surface area is 190 Å². The summed E-state index contributed by atoms with van der Waals surface area (Å²) in [5.74, 6) is 0.278. The van der Waals surface area contributed by atoms with Gasteiger partial charge >= 0.3 is 0 Å². The predicted molar refractivity (Wildman–Crippen MR) is 130 cm³/mol. The van der Waals surface area contributed by atoms with E-state index in [4.69, 9.17) is 10.5 Å². The van der Waals surface area contributed by atoms with Gasteiger partial charge in [0.15, 0.2) is 0 Å². The first-order chi connectivity index (χ1) is 15.5. The topological polar surface area (TPSA) is 47.6 Å². The van der Waals surface area contributed by atoms with Crippen molar-refractivity contribution in [3.8, 4) is 34.4 Å². The lowest BCUT2D eigenvalue weighted by Crippen LogP contribution is -2.01. The Balaban J connectivity index is 1.61. The van der Waals surface area contributed by atoms with E-state index in [1.807, 2.05) is 48.5 Å². The molecule has 0 radical (unpaired) electrons. The molecule has 4 aromatic rings. The third-order valence-electron chi connectivity index (χ3n) is 6.17. The summed E-state index contributed by atoms with van der Waals surface area (Å²) in [7, 11) is 0. The van der Waals surface area contributed by atoms with Gasteiger partial charge in [-0.1, -0.05) is 67.6 Å². The van der Waals surface area contributed by atoms with Crippen molar-refractivity contribution in [2.24, 2.45) is 0 Å². The lowest BCUT2D eigenvalue weighted by molar-refractivity contribution is 0.899. The minimum absolute atomic E-state index is 0.278. The maximum absolute atomic E-state index is 9.01. The number of aryl methyl sites for hydroxylation is 2. The molecule has 0 aliphatic carbocycles. The van der Waals surface area contributed by atoms with E-state index in [0.29, 0.717) is 11.1 Å². The number of hydrogen-bond acceptors (Lipinski definition) is 2. The highest BCUT2D eigenvalue weighted by molar-refractivity contribution is 5.68. The monoisotopic (exact) mass is 412 g/mol. The van der Waals surface area contributed by atoms with Crippen LogP contribution < -0.4 is 0 Å². The van der Waals surface area contributed by atoms with Crippen LogP contribution in [-0.2, 0) is 0 Å². The Morgan fingerprint density at radius 2 is 0.875 bits per heavy atom. The summed E-state index contributed by atoms with van der Waals surface area (Å²) in [6.45, 7) is 6.59. The Hall–Kier alpha value is -4.14. The van der Waals surface area contributed by atoms with Crippen LogP contribution in [0.4, 0.5) is 0 Å². The van der Waals surface area contributed by atoms with Crippen LogP contribution in [0.15, 0.2) is 84.9 Å². The molecule has 4 rings (SSSR count). The second-order valence-corrected chi connectivity index (χ2v) is 8.24. The normalized spacial score (nSPS) is 10.6.